The van der Waals surface area contributed by atoms with Gasteiger partial charge in [0.2, 0.25) is 0 Å². The van der Waals surface area contributed by atoms with Crippen molar-refractivity contribution in [3.05, 3.63) is 34.9 Å². The Hall–Kier alpha value is -0.610. The Labute approximate surface area is 114 Å². The van der Waals surface area contributed by atoms with Crippen LogP contribution >= 0.6 is 11.6 Å². The van der Waals surface area contributed by atoms with Crippen LogP contribution in [0, 0.1) is 0 Å². The summed E-state index contributed by atoms with van der Waals surface area (Å²) < 4.78 is 5.80. The number of nitrogens with zero attached hydrogens (tertiary/aromatic N) is 1. The first-order valence-corrected chi connectivity index (χ1v) is 6.93. The standard InChI is InChI=1S/C14H21ClN2O/c1-2-6-17-7-8-18-13(10-17)14(16)11-4-3-5-12(15)9-11/h3-5,9,13-14H,2,6-8,10,16H2,1H3. The van der Waals surface area contributed by atoms with Crippen LogP contribution < -0.4 is 5.73 Å². The van der Waals surface area contributed by atoms with E-state index >= 15 is 0 Å². The third-order valence-corrected chi connectivity index (χ3v) is 3.59. The molecule has 0 amide bonds. The summed E-state index contributed by atoms with van der Waals surface area (Å²) in [6.07, 6.45) is 1.22. The highest BCUT2D eigenvalue weighted by Gasteiger charge is 2.26. The fraction of sp³-hybridized carbons (Fsp3) is 0.571. The average molecular weight is 269 g/mol. The van der Waals surface area contributed by atoms with Crippen molar-refractivity contribution in [1.82, 2.24) is 4.90 Å². The molecule has 2 rings (SSSR count). The monoisotopic (exact) mass is 268 g/mol. The van der Waals surface area contributed by atoms with E-state index in [-0.39, 0.29) is 12.1 Å². The molecule has 2 N–H and O–H groups in total. The maximum atomic E-state index is 6.29. The van der Waals surface area contributed by atoms with E-state index in [1.165, 1.54) is 6.42 Å². The molecule has 2 unspecified atom stereocenters. The van der Waals surface area contributed by atoms with Gasteiger partial charge in [-0.2, -0.15) is 0 Å². The molecule has 18 heavy (non-hydrogen) atoms. The molecular weight excluding hydrogens is 248 g/mol. The molecule has 0 saturated carbocycles. The fourth-order valence-electron chi connectivity index (χ4n) is 2.40. The first kappa shape index (κ1) is 13.8. The van der Waals surface area contributed by atoms with E-state index in [0.717, 1.165) is 36.8 Å². The van der Waals surface area contributed by atoms with Crippen LogP contribution in [-0.4, -0.2) is 37.2 Å². The lowest BCUT2D eigenvalue weighted by molar-refractivity contribution is -0.0407. The highest BCUT2D eigenvalue weighted by atomic mass is 35.5. The molecule has 1 aromatic carbocycles. The largest absolute Gasteiger partial charge is 0.374 e. The Morgan fingerprint density at radius 2 is 2.39 bits per heavy atom. The van der Waals surface area contributed by atoms with Crippen LogP contribution in [0.15, 0.2) is 24.3 Å². The number of morpholine rings is 1. The Bertz CT molecular complexity index is 384. The minimum absolute atomic E-state index is 0.0590. The predicted molar refractivity (Wildman–Crippen MR) is 74.9 cm³/mol. The molecule has 0 aliphatic carbocycles. The summed E-state index contributed by atoms with van der Waals surface area (Å²) >= 11 is 6.00. The van der Waals surface area contributed by atoms with Crippen molar-refractivity contribution in [1.29, 1.82) is 0 Å². The van der Waals surface area contributed by atoms with Crippen molar-refractivity contribution in [3.63, 3.8) is 0 Å². The highest BCUT2D eigenvalue weighted by molar-refractivity contribution is 6.30. The van der Waals surface area contributed by atoms with Crippen LogP contribution in [0.3, 0.4) is 0 Å². The first-order valence-electron chi connectivity index (χ1n) is 6.55. The van der Waals surface area contributed by atoms with Gasteiger partial charge in [-0.15, -0.1) is 0 Å². The smallest absolute Gasteiger partial charge is 0.0894 e. The zero-order chi connectivity index (χ0) is 13.0. The Kier molecular flexibility index (Phi) is 5.01. The molecule has 2 atom stereocenters. The van der Waals surface area contributed by atoms with Gasteiger partial charge >= 0.3 is 0 Å². The molecule has 1 aliphatic rings. The molecule has 100 valence electrons. The minimum atomic E-state index is -0.108. The topological polar surface area (TPSA) is 38.5 Å². The third-order valence-electron chi connectivity index (χ3n) is 3.35. The van der Waals surface area contributed by atoms with Crippen molar-refractivity contribution in [2.24, 2.45) is 5.73 Å². The maximum Gasteiger partial charge on any atom is 0.0894 e. The number of nitrogens with two attached hydrogens (primary N) is 1. The molecule has 1 saturated heterocycles. The van der Waals surface area contributed by atoms with Crippen LogP contribution in [0.25, 0.3) is 0 Å². The Balaban J connectivity index is 2.02. The van der Waals surface area contributed by atoms with Crippen molar-refractivity contribution >= 4 is 11.6 Å². The molecule has 1 aromatic rings. The van der Waals surface area contributed by atoms with E-state index in [9.17, 15) is 0 Å². The number of hydrogen-bond acceptors (Lipinski definition) is 3. The van der Waals surface area contributed by atoms with Gasteiger partial charge in [0, 0.05) is 18.1 Å². The molecular formula is C14H21ClN2O. The summed E-state index contributed by atoms with van der Waals surface area (Å²) in [5.41, 5.74) is 7.33. The molecule has 1 fully saturated rings. The third kappa shape index (κ3) is 3.45. The highest BCUT2D eigenvalue weighted by Crippen LogP contribution is 2.22. The summed E-state index contributed by atoms with van der Waals surface area (Å²) in [6.45, 7) is 5.98. The summed E-state index contributed by atoms with van der Waals surface area (Å²) in [5.74, 6) is 0. The van der Waals surface area contributed by atoms with E-state index in [4.69, 9.17) is 22.1 Å². The normalized spacial score (nSPS) is 22.9. The summed E-state index contributed by atoms with van der Waals surface area (Å²) in [5, 5.41) is 0.726. The zero-order valence-electron chi connectivity index (χ0n) is 10.8. The molecule has 0 aromatic heterocycles. The molecule has 0 bridgehead atoms. The van der Waals surface area contributed by atoms with Crippen molar-refractivity contribution in [3.8, 4) is 0 Å². The fourth-order valence-corrected chi connectivity index (χ4v) is 2.60. The van der Waals surface area contributed by atoms with Gasteiger partial charge in [-0.05, 0) is 30.7 Å². The average Bonchev–Trinajstić information content (AvgIpc) is 2.39. The Morgan fingerprint density at radius 1 is 1.56 bits per heavy atom. The lowest BCUT2D eigenvalue weighted by atomic mass is 10.0. The second-order valence-electron chi connectivity index (χ2n) is 4.79. The number of rotatable bonds is 4. The lowest BCUT2D eigenvalue weighted by Crippen LogP contribution is -2.47. The Morgan fingerprint density at radius 3 is 3.11 bits per heavy atom. The van der Waals surface area contributed by atoms with Crippen molar-refractivity contribution < 1.29 is 4.74 Å². The minimum Gasteiger partial charge on any atom is -0.374 e. The van der Waals surface area contributed by atoms with Crippen LogP contribution in [0.1, 0.15) is 24.9 Å². The molecule has 0 spiro atoms. The van der Waals surface area contributed by atoms with E-state index in [1.807, 2.05) is 24.3 Å². The number of benzene rings is 1. The second kappa shape index (κ2) is 6.53. The van der Waals surface area contributed by atoms with Gasteiger partial charge < -0.3 is 10.5 Å². The van der Waals surface area contributed by atoms with Crippen molar-refractivity contribution in [2.45, 2.75) is 25.5 Å². The number of ether oxygens (including phenoxy) is 1. The molecule has 0 radical (unpaired) electrons. The van der Waals surface area contributed by atoms with Gasteiger partial charge in [0.1, 0.15) is 0 Å². The summed E-state index contributed by atoms with van der Waals surface area (Å²) in [7, 11) is 0. The van der Waals surface area contributed by atoms with Crippen LogP contribution in [-0.2, 0) is 4.74 Å². The predicted octanol–water partition coefficient (Wildman–Crippen LogP) is 2.45. The molecule has 3 nitrogen and oxygen atoms in total. The van der Waals surface area contributed by atoms with Crippen molar-refractivity contribution in [2.75, 3.05) is 26.2 Å². The molecule has 1 heterocycles. The van der Waals surface area contributed by atoms with E-state index in [2.05, 4.69) is 11.8 Å². The number of hydrogen-bond donors (Lipinski definition) is 1. The zero-order valence-corrected chi connectivity index (χ0v) is 11.6. The second-order valence-corrected chi connectivity index (χ2v) is 5.23. The van der Waals surface area contributed by atoms with Gasteiger partial charge in [-0.25, -0.2) is 0 Å². The van der Waals surface area contributed by atoms with Gasteiger partial charge in [0.05, 0.1) is 18.8 Å². The van der Waals surface area contributed by atoms with Gasteiger partial charge in [0.25, 0.3) is 0 Å². The van der Waals surface area contributed by atoms with Crippen LogP contribution in [0.4, 0.5) is 0 Å². The first-order chi connectivity index (χ1) is 8.70. The SMILES string of the molecule is CCCN1CCOC(C(N)c2cccc(Cl)c2)C1. The molecule has 1 aliphatic heterocycles. The summed E-state index contributed by atoms with van der Waals surface area (Å²) in [6, 6.07) is 7.63. The van der Waals surface area contributed by atoms with E-state index < -0.39 is 0 Å². The number of halogens is 1. The van der Waals surface area contributed by atoms with E-state index in [0.29, 0.717) is 0 Å². The van der Waals surface area contributed by atoms with E-state index in [1.54, 1.807) is 0 Å². The maximum absolute atomic E-state index is 6.29. The van der Waals surface area contributed by atoms with Gasteiger partial charge in [0.15, 0.2) is 0 Å². The van der Waals surface area contributed by atoms with Crippen LogP contribution in [0.2, 0.25) is 5.02 Å². The quantitative estimate of drug-likeness (QED) is 0.912. The van der Waals surface area contributed by atoms with Crippen LogP contribution in [0.5, 0.6) is 0 Å². The van der Waals surface area contributed by atoms with Gasteiger partial charge in [-0.3, -0.25) is 4.90 Å². The van der Waals surface area contributed by atoms with Gasteiger partial charge in [-0.1, -0.05) is 30.7 Å². The lowest BCUT2D eigenvalue weighted by Gasteiger charge is -2.35. The molecule has 4 heteroatoms. The summed E-state index contributed by atoms with van der Waals surface area (Å²) in [4.78, 5) is 2.42.